The molecule has 2 atom stereocenters. The van der Waals surface area contributed by atoms with Gasteiger partial charge in [-0.1, -0.05) is 13.3 Å². The second-order valence-corrected chi connectivity index (χ2v) is 7.19. The average Bonchev–Trinajstić information content (AvgIpc) is 3.14. The summed E-state index contributed by atoms with van der Waals surface area (Å²) in [7, 11) is 0. The van der Waals surface area contributed by atoms with Gasteiger partial charge in [-0.15, -0.1) is 0 Å². The van der Waals surface area contributed by atoms with Gasteiger partial charge in [0, 0.05) is 18.1 Å². The summed E-state index contributed by atoms with van der Waals surface area (Å²) in [6.45, 7) is 11.9. The maximum absolute atomic E-state index is 9.50. The monoisotopic (exact) mass is 297 g/mol. The predicted octanol–water partition coefficient (Wildman–Crippen LogP) is 1.69. The van der Waals surface area contributed by atoms with E-state index in [1.165, 1.54) is 64.8 Å². The third-order valence-electron chi connectivity index (χ3n) is 5.31. The van der Waals surface area contributed by atoms with Gasteiger partial charge in [0.2, 0.25) is 0 Å². The molecule has 2 fully saturated rings. The second-order valence-electron chi connectivity index (χ2n) is 7.19. The summed E-state index contributed by atoms with van der Waals surface area (Å²) >= 11 is 0. The van der Waals surface area contributed by atoms with Crippen LogP contribution in [0.3, 0.4) is 0 Å². The van der Waals surface area contributed by atoms with Gasteiger partial charge in [0.1, 0.15) is 0 Å². The molecule has 0 radical (unpaired) electrons. The molecule has 2 heterocycles. The van der Waals surface area contributed by atoms with Crippen LogP contribution in [0, 0.1) is 0 Å². The molecule has 2 aliphatic heterocycles. The van der Waals surface area contributed by atoms with E-state index in [0.717, 1.165) is 19.0 Å². The van der Waals surface area contributed by atoms with Crippen LogP contribution in [0.1, 0.15) is 52.4 Å². The van der Waals surface area contributed by atoms with Gasteiger partial charge in [0.05, 0.1) is 6.61 Å². The van der Waals surface area contributed by atoms with Crippen LogP contribution in [0.25, 0.3) is 0 Å². The van der Waals surface area contributed by atoms with Gasteiger partial charge in [-0.2, -0.15) is 0 Å². The molecule has 2 saturated heterocycles. The number of aliphatic hydroxyl groups excluding tert-OH is 1. The van der Waals surface area contributed by atoms with E-state index in [4.69, 9.17) is 0 Å². The average molecular weight is 297 g/mol. The van der Waals surface area contributed by atoms with Gasteiger partial charge in [-0.3, -0.25) is 4.90 Å². The summed E-state index contributed by atoms with van der Waals surface area (Å²) < 4.78 is 0. The molecule has 2 aliphatic rings. The number of nitrogens with one attached hydrogen (secondary N) is 1. The number of unbranched alkanes of at least 4 members (excludes halogenated alkanes) is 1. The lowest BCUT2D eigenvalue weighted by atomic mass is 9.95. The first-order valence-corrected chi connectivity index (χ1v) is 8.99. The molecule has 2 rings (SSSR count). The highest BCUT2D eigenvalue weighted by Gasteiger charge is 2.29. The molecule has 4 heteroatoms. The highest BCUT2D eigenvalue weighted by molar-refractivity contribution is 4.86. The van der Waals surface area contributed by atoms with E-state index in [0.29, 0.717) is 0 Å². The molecule has 124 valence electrons. The summed E-state index contributed by atoms with van der Waals surface area (Å²) in [6.07, 6.45) is 7.70. The zero-order valence-corrected chi connectivity index (χ0v) is 14.1. The molecular weight excluding hydrogens is 262 g/mol. The third-order valence-corrected chi connectivity index (χ3v) is 5.31. The maximum Gasteiger partial charge on any atom is 0.0610 e. The van der Waals surface area contributed by atoms with Gasteiger partial charge in [-0.05, 0) is 71.8 Å². The fourth-order valence-corrected chi connectivity index (χ4v) is 3.92. The van der Waals surface area contributed by atoms with Gasteiger partial charge < -0.3 is 15.3 Å². The van der Waals surface area contributed by atoms with Crippen molar-refractivity contribution in [2.45, 2.75) is 64.0 Å². The Labute approximate surface area is 130 Å². The fraction of sp³-hybridized carbons (Fsp3) is 1.00. The van der Waals surface area contributed by atoms with E-state index in [1.807, 2.05) is 0 Å². The molecular formula is C17H35N3O. The summed E-state index contributed by atoms with van der Waals surface area (Å²) in [6, 6.07) is 0.831. The molecule has 0 saturated carbocycles. The van der Waals surface area contributed by atoms with Crippen molar-refractivity contribution in [3.05, 3.63) is 0 Å². The largest absolute Gasteiger partial charge is 0.394 e. The normalized spacial score (nSPS) is 27.3. The van der Waals surface area contributed by atoms with E-state index < -0.39 is 0 Å². The number of rotatable bonds is 9. The van der Waals surface area contributed by atoms with Crippen molar-refractivity contribution in [1.82, 2.24) is 15.1 Å². The summed E-state index contributed by atoms with van der Waals surface area (Å²) in [4.78, 5) is 5.35. The Morgan fingerprint density at radius 3 is 2.62 bits per heavy atom. The minimum absolute atomic E-state index is 0.0855. The molecule has 0 aliphatic carbocycles. The van der Waals surface area contributed by atoms with E-state index in [1.54, 1.807) is 0 Å². The molecule has 21 heavy (non-hydrogen) atoms. The fourth-order valence-electron chi connectivity index (χ4n) is 3.92. The van der Waals surface area contributed by atoms with Crippen LogP contribution < -0.4 is 5.32 Å². The van der Waals surface area contributed by atoms with Crippen LogP contribution in [0.4, 0.5) is 0 Å². The molecule has 0 aromatic rings. The maximum atomic E-state index is 9.50. The lowest BCUT2D eigenvalue weighted by molar-refractivity contribution is 0.163. The number of nitrogens with zero attached hydrogens (tertiary/aromatic N) is 2. The zero-order valence-electron chi connectivity index (χ0n) is 14.1. The first-order chi connectivity index (χ1) is 10.2. The van der Waals surface area contributed by atoms with Crippen molar-refractivity contribution in [1.29, 1.82) is 0 Å². The molecule has 2 N–H and O–H groups in total. The van der Waals surface area contributed by atoms with Gasteiger partial charge in [0.25, 0.3) is 0 Å². The molecule has 2 unspecified atom stereocenters. The molecule has 0 aromatic heterocycles. The third kappa shape index (κ3) is 5.20. The molecule has 0 amide bonds. The number of likely N-dealkylation sites (N-methyl/N-ethyl adjacent to an activating group) is 1. The standard InChI is InChI=1S/C17H35N3O/c1-3-18-17(2,15-21)9-4-5-10-19-13-8-16(14-19)20-11-6-7-12-20/h16,18,21H,3-15H2,1-2H3. The van der Waals surface area contributed by atoms with Crippen molar-refractivity contribution in [3.63, 3.8) is 0 Å². The highest BCUT2D eigenvalue weighted by atomic mass is 16.3. The van der Waals surface area contributed by atoms with E-state index in [9.17, 15) is 5.11 Å². The van der Waals surface area contributed by atoms with Gasteiger partial charge in [-0.25, -0.2) is 0 Å². The van der Waals surface area contributed by atoms with Crippen LogP contribution in [0.15, 0.2) is 0 Å². The summed E-state index contributed by atoms with van der Waals surface area (Å²) in [5.41, 5.74) is -0.0855. The highest BCUT2D eigenvalue weighted by Crippen LogP contribution is 2.21. The second kappa shape index (κ2) is 8.47. The van der Waals surface area contributed by atoms with Crippen LogP contribution in [-0.2, 0) is 0 Å². The lowest BCUT2D eigenvalue weighted by Gasteiger charge is -2.28. The van der Waals surface area contributed by atoms with Crippen molar-refractivity contribution >= 4 is 0 Å². The van der Waals surface area contributed by atoms with Crippen LogP contribution in [0.2, 0.25) is 0 Å². The van der Waals surface area contributed by atoms with E-state index >= 15 is 0 Å². The molecule has 0 bridgehead atoms. The van der Waals surface area contributed by atoms with Crippen molar-refractivity contribution in [3.8, 4) is 0 Å². The quantitative estimate of drug-likeness (QED) is 0.635. The molecule has 4 nitrogen and oxygen atoms in total. The van der Waals surface area contributed by atoms with Gasteiger partial charge in [0.15, 0.2) is 0 Å². The van der Waals surface area contributed by atoms with Crippen LogP contribution >= 0.6 is 0 Å². The zero-order chi connectivity index (χ0) is 15.1. The van der Waals surface area contributed by atoms with Gasteiger partial charge >= 0.3 is 0 Å². The minimum Gasteiger partial charge on any atom is -0.394 e. The summed E-state index contributed by atoms with van der Waals surface area (Å²) in [5, 5.41) is 12.9. The summed E-state index contributed by atoms with van der Waals surface area (Å²) in [5.74, 6) is 0. The topological polar surface area (TPSA) is 38.7 Å². The number of hydrogen-bond donors (Lipinski definition) is 2. The first-order valence-electron chi connectivity index (χ1n) is 8.99. The van der Waals surface area contributed by atoms with Crippen LogP contribution in [-0.4, -0.2) is 72.4 Å². The Hall–Kier alpha value is -0.160. The van der Waals surface area contributed by atoms with Crippen molar-refractivity contribution in [2.24, 2.45) is 0 Å². The Balaban J connectivity index is 1.59. The molecule has 0 spiro atoms. The Bertz CT molecular complexity index is 294. The van der Waals surface area contributed by atoms with Crippen LogP contribution in [0.5, 0.6) is 0 Å². The predicted molar refractivity (Wildman–Crippen MR) is 88.7 cm³/mol. The first kappa shape index (κ1) is 17.2. The number of aliphatic hydroxyl groups is 1. The Morgan fingerprint density at radius 1 is 1.19 bits per heavy atom. The minimum atomic E-state index is -0.0855. The molecule has 0 aromatic carbocycles. The van der Waals surface area contributed by atoms with Crippen molar-refractivity contribution < 1.29 is 5.11 Å². The Morgan fingerprint density at radius 2 is 1.95 bits per heavy atom. The van der Waals surface area contributed by atoms with E-state index in [2.05, 4.69) is 29.0 Å². The van der Waals surface area contributed by atoms with Crippen molar-refractivity contribution in [2.75, 3.05) is 45.9 Å². The lowest BCUT2D eigenvalue weighted by Crippen LogP contribution is -2.45. The SMILES string of the molecule is CCNC(C)(CO)CCCCN1CCC(N2CCCC2)C1. The smallest absolute Gasteiger partial charge is 0.0610 e. The van der Waals surface area contributed by atoms with E-state index in [-0.39, 0.29) is 12.1 Å². The Kier molecular flexibility index (Phi) is 6.93. The number of hydrogen-bond acceptors (Lipinski definition) is 4. The number of likely N-dealkylation sites (tertiary alicyclic amines) is 2.